The van der Waals surface area contributed by atoms with Crippen LogP contribution >= 0.6 is 11.6 Å². The number of rotatable bonds is 2. The monoisotopic (exact) mass is 201 g/mol. The molecule has 0 aromatic heterocycles. The Morgan fingerprint density at radius 2 is 2.23 bits per heavy atom. The van der Waals surface area contributed by atoms with Gasteiger partial charge in [0.2, 0.25) is 5.91 Å². The van der Waals surface area contributed by atoms with E-state index in [2.05, 4.69) is 0 Å². The minimum absolute atomic E-state index is 0.160. The van der Waals surface area contributed by atoms with Crippen LogP contribution in [-0.2, 0) is 11.2 Å². The van der Waals surface area contributed by atoms with Crippen molar-refractivity contribution in [2.75, 3.05) is 0 Å². The van der Waals surface area contributed by atoms with Crippen molar-refractivity contribution >= 4 is 17.5 Å². The Bertz CT molecular complexity index is 352. The number of nitrogens with two attached hydrogens (primary N) is 1. The molecular formula is C9H9ClFNO. The van der Waals surface area contributed by atoms with Crippen LogP contribution in [0, 0.1) is 12.7 Å². The molecule has 0 radical (unpaired) electrons. The van der Waals surface area contributed by atoms with E-state index in [0.717, 1.165) is 5.56 Å². The predicted octanol–water partition coefficient (Wildman–Crippen LogP) is 1.82. The van der Waals surface area contributed by atoms with Crippen molar-refractivity contribution in [2.24, 2.45) is 5.73 Å². The smallest absolute Gasteiger partial charge is 0.222 e. The highest BCUT2D eigenvalue weighted by Crippen LogP contribution is 2.23. The zero-order valence-corrected chi connectivity index (χ0v) is 7.86. The van der Waals surface area contributed by atoms with Gasteiger partial charge in [0.25, 0.3) is 0 Å². The normalized spacial score (nSPS) is 10.1. The number of benzene rings is 1. The maximum atomic E-state index is 13.1. The Morgan fingerprint density at radius 1 is 1.62 bits per heavy atom. The zero-order chi connectivity index (χ0) is 10.0. The minimum atomic E-state index is -0.591. The average Bonchev–Trinajstić information content (AvgIpc) is 2.05. The van der Waals surface area contributed by atoms with Gasteiger partial charge in [0.1, 0.15) is 5.82 Å². The molecule has 0 fully saturated rings. The highest BCUT2D eigenvalue weighted by molar-refractivity contribution is 6.32. The summed E-state index contributed by atoms with van der Waals surface area (Å²) in [6.45, 7) is 1.74. The molecule has 2 nitrogen and oxygen atoms in total. The van der Waals surface area contributed by atoms with E-state index in [9.17, 15) is 9.18 Å². The molecule has 0 unspecified atom stereocenters. The van der Waals surface area contributed by atoms with Gasteiger partial charge in [-0.2, -0.15) is 0 Å². The lowest BCUT2D eigenvalue weighted by Gasteiger charge is -2.05. The molecule has 1 amide bonds. The van der Waals surface area contributed by atoms with Crippen molar-refractivity contribution in [3.05, 3.63) is 34.1 Å². The summed E-state index contributed by atoms with van der Waals surface area (Å²) in [6, 6.07) is 2.83. The molecule has 1 aromatic rings. The number of amides is 1. The lowest BCUT2D eigenvalue weighted by atomic mass is 10.1. The SMILES string of the molecule is Cc1ccc(F)c(CC(N)=O)c1Cl. The van der Waals surface area contributed by atoms with Gasteiger partial charge in [-0.25, -0.2) is 4.39 Å². The van der Waals surface area contributed by atoms with Gasteiger partial charge < -0.3 is 5.73 Å². The van der Waals surface area contributed by atoms with Crippen LogP contribution in [0.3, 0.4) is 0 Å². The topological polar surface area (TPSA) is 43.1 Å². The highest BCUT2D eigenvalue weighted by atomic mass is 35.5. The highest BCUT2D eigenvalue weighted by Gasteiger charge is 2.11. The van der Waals surface area contributed by atoms with E-state index in [-0.39, 0.29) is 17.0 Å². The number of hydrogen-bond donors (Lipinski definition) is 1. The third kappa shape index (κ3) is 2.18. The second-order valence-corrected chi connectivity index (χ2v) is 3.18. The molecule has 70 valence electrons. The quantitative estimate of drug-likeness (QED) is 0.779. The Hall–Kier alpha value is -1.09. The molecule has 0 spiro atoms. The minimum Gasteiger partial charge on any atom is -0.369 e. The molecule has 13 heavy (non-hydrogen) atoms. The van der Waals surface area contributed by atoms with Crippen molar-refractivity contribution in [3.8, 4) is 0 Å². The number of primary amides is 1. The third-order valence-electron chi connectivity index (χ3n) is 1.73. The molecule has 1 rings (SSSR count). The Balaban J connectivity index is 3.17. The molecule has 0 atom stereocenters. The maximum absolute atomic E-state index is 13.1. The zero-order valence-electron chi connectivity index (χ0n) is 7.10. The van der Waals surface area contributed by atoms with Gasteiger partial charge in [0, 0.05) is 5.56 Å². The molecule has 0 saturated heterocycles. The molecule has 4 heteroatoms. The lowest BCUT2D eigenvalue weighted by Crippen LogP contribution is -2.15. The lowest BCUT2D eigenvalue weighted by molar-refractivity contribution is -0.117. The van der Waals surface area contributed by atoms with E-state index >= 15 is 0 Å². The van der Waals surface area contributed by atoms with Crippen molar-refractivity contribution in [1.82, 2.24) is 0 Å². The first-order chi connectivity index (χ1) is 6.02. The van der Waals surface area contributed by atoms with Crippen LogP contribution in [0.4, 0.5) is 4.39 Å². The summed E-state index contributed by atoms with van der Waals surface area (Å²) in [5, 5.41) is 0.277. The molecule has 0 bridgehead atoms. The van der Waals surface area contributed by atoms with Crippen molar-refractivity contribution in [1.29, 1.82) is 0 Å². The van der Waals surface area contributed by atoms with Crippen LogP contribution in [0.15, 0.2) is 12.1 Å². The fourth-order valence-electron chi connectivity index (χ4n) is 1.05. The molecule has 2 N–H and O–H groups in total. The molecule has 0 aliphatic rings. The van der Waals surface area contributed by atoms with E-state index in [1.54, 1.807) is 13.0 Å². The van der Waals surface area contributed by atoms with Crippen molar-refractivity contribution in [3.63, 3.8) is 0 Å². The van der Waals surface area contributed by atoms with Gasteiger partial charge in [-0.1, -0.05) is 17.7 Å². The van der Waals surface area contributed by atoms with Crippen LogP contribution in [0.2, 0.25) is 5.02 Å². The van der Waals surface area contributed by atoms with E-state index < -0.39 is 11.7 Å². The summed E-state index contributed by atoms with van der Waals surface area (Å²) in [4.78, 5) is 10.6. The molecule has 1 aromatic carbocycles. The fourth-order valence-corrected chi connectivity index (χ4v) is 1.27. The first-order valence-corrected chi connectivity index (χ1v) is 4.12. The van der Waals surface area contributed by atoms with E-state index in [0.29, 0.717) is 0 Å². The van der Waals surface area contributed by atoms with Crippen LogP contribution in [0.1, 0.15) is 11.1 Å². The van der Waals surface area contributed by atoms with Crippen LogP contribution in [-0.4, -0.2) is 5.91 Å². The Kier molecular flexibility index (Phi) is 2.88. The van der Waals surface area contributed by atoms with Gasteiger partial charge in [-0.05, 0) is 18.6 Å². The number of carbonyl (C=O) groups is 1. The molecular weight excluding hydrogens is 193 g/mol. The summed E-state index contributed by atoms with van der Waals surface area (Å²) >= 11 is 5.79. The third-order valence-corrected chi connectivity index (χ3v) is 2.26. The van der Waals surface area contributed by atoms with Gasteiger partial charge in [0.15, 0.2) is 0 Å². The number of aryl methyl sites for hydroxylation is 1. The Labute approximate surface area is 80.5 Å². The summed E-state index contributed by atoms with van der Waals surface area (Å²) < 4.78 is 13.1. The van der Waals surface area contributed by atoms with Crippen LogP contribution in [0.25, 0.3) is 0 Å². The van der Waals surface area contributed by atoms with Crippen LogP contribution in [0.5, 0.6) is 0 Å². The Morgan fingerprint density at radius 3 is 2.77 bits per heavy atom. The molecule has 0 aliphatic heterocycles. The first kappa shape index (κ1) is 9.99. The first-order valence-electron chi connectivity index (χ1n) is 3.74. The molecule has 0 aliphatic carbocycles. The van der Waals surface area contributed by atoms with Gasteiger partial charge >= 0.3 is 0 Å². The number of halogens is 2. The number of hydrogen-bond acceptors (Lipinski definition) is 1. The average molecular weight is 202 g/mol. The number of carbonyl (C=O) groups excluding carboxylic acids is 1. The predicted molar refractivity (Wildman–Crippen MR) is 49.0 cm³/mol. The van der Waals surface area contributed by atoms with Crippen molar-refractivity contribution < 1.29 is 9.18 Å². The fraction of sp³-hybridized carbons (Fsp3) is 0.222. The van der Waals surface area contributed by atoms with E-state index in [4.69, 9.17) is 17.3 Å². The summed E-state index contributed by atoms with van der Waals surface area (Å²) in [5.74, 6) is -1.08. The van der Waals surface area contributed by atoms with Gasteiger partial charge in [-0.15, -0.1) is 0 Å². The molecule has 0 heterocycles. The molecule has 0 saturated carbocycles. The second-order valence-electron chi connectivity index (χ2n) is 2.80. The van der Waals surface area contributed by atoms with E-state index in [1.165, 1.54) is 6.07 Å². The summed E-state index contributed by atoms with van der Waals surface area (Å²) in [6.07, 6.45) is -0.160. The van der Waals surface area contributed by atoms with Crippen molar-refractivity contribution in [2.45, 2.75) is 13.3 Å². The van der Waals surface area contributed by atoms with Crippen LogP contribution < -0.4 is 5.73 Å². The largest absolute Gasteiger partial charge is 0.369 e. The van der Waals surface area contributed by atoms with E-state index in [1.807, 2.05) is 0 Å². The van der Waals surface area contributed by atoms with Gasteiger partial charge in [-0.3, -0.25) is 4.79 Å². The summed E-state index contributed by atoms with van der Waals surface area (Å²) in [7, 11) is 0. The summed E-state index contributed by atoms with van der Waals surface area (Å²) in [5.41, 5.74) is 5.86. The standard InChI is InChI=1S/C9H9ClFNO/c1-5-2-3-7(11)6(9(5)10)4-8(12)13/h2-3H,4H2,1H3,(H2,12,13). The van der Waals surface area contributed by atoms with Gasteiger partial charge in [0.05, 0.1) is 11.4 Å². The maximum Gasteiger partial charge on any atom is 0.222 e. The second kappa shape index (κ2) is 3.75.